The third kappa shape index (κ3) is 6.11. The van der Waals surface area contributed by atoms with Gasteiger partial charge in [-0.1, -0.05) is 13.8 Å². The minimum atomic E-state index is 0.215. The summed E-state index contributed by atoms with van der Waals surface area (Å²) >= 11 is 0. The van der Waals surface area contributed by atoms with Crippen molar-refractivity contribution in [1.29, 1.82) is 0 Å². The van der Waals surface area contributed by atoms with Crippen LogP contribution in [0.3, 0.4) is 0 Å². The second-order valence-electron chi connectivity index (χ2n) is 8.17. The van der Waals surface area contributed by atoms with Gasteiger partial charge < -0.3 is 10.2 Å². The number of rotatable bonds is 6. The van der Waals surface area contributed by atoms with E-state index in [1.807, 2.05) is 0 Å². The summed E-state index contributed by atoms with van der Waals surface area (Å²) in [7, 11) is 0. The Morgan fingerprint density at radius 3 is 1.95 bits per heavy atom. The highest BCUT2D eigenvalue weighted by molar-refractivity contribution is 4.85. The largest absolute Gasteiger partial charge is 0.311 e. The van der Waals surface area contributed by atoms with Gasteiger partial charge in [-0.3, -0.25) is 4.90 Å². The van der Waals surface area contributed by atoms with Crippen molar-refractivity contribution in [3.05, 3.63) is 0 Å². The molecule has 1 aliphatic rings. The fourth-order valence-corrected chi connectivity index (χ4v) is 2.75. The molecule has 3 heteroatoms. The first-order valence-corrected chi connectivity index (χ1v) is 8.37. The monoisotopic (exact) mass is 283 g/mol. The SMILES string of the molecule is CCC(C)(CNC(C)(C)C)CN1CCN(C(C)C)CC1. The summed E-state index contributed by atoms with van der Waals surface area (Å²) in [6.45, 7) is 23.4. The van der Waals surface area contributed by atoms with Crippen LogP contribution in [-0.4, -0.2) is 60.6 Å². The summed E-state index contributed by atoms with van der Waals surface area (Å²) in [4.78, 5) is 5.25. The summed E-state index contributed by atoms with van der Waals surface area (Å²) in [6, 6.07) is 0.692. The Hall–Kier alpha value is -0.120. The van der Waals surface area contributed by atoms with Crippen LogP contribution < -0.4 is 5.32 Å². The number of nitrogens with one attached hydrogen (secondary N) is 1. The zero-order chi connectivity index (χ0) is 15.4. The molecule has 20 heavy (non-hydrogen) atoms. The molecule has 1 saturated heterocycles. The van der Waals surface area contributed by atoms with Crippen LogP contribution in [0.5, 0.6) is 0 Å². The Kier molecular flexibility index (Phi) is 6.49. The normalized spacial score (nSPS) is 22.2. The van der Waals surface area contributed by atoms with Crippen molar-refractivity contribution in [2.24, 2.45) is 5.41 Å². The number of piperazine rings is 1. The van der Waals surface area contributed by atoms with E-state index in [2.05, 4.69) is 63.6 Å². The molecular weight excluding hydrogens is 246 g/mol. The van der Waals surface area contributed by atoms with E-state index in [1.54, 1.807) is 0 Å². The van der Waals surface area contributed by atoms with Gasteiger partial charge in [-0.05, 0) is 46.5 Å². The molecule has 0 bridgehead atoms. The Morgan fingerprint density at radius 1 is 1.00 bits per heavy atom. The summed E-state index contributed by atoms with van der Waals surface area (Å²) in [5.41, 5.74) is 0.597. The van der Waals surface area contributed by atoms with Gasteiger partial charge in [-0.15, -0.1) is 0 Å². The van der Waals surface area contributed by atoms with Gasteiger partial charge >= 0.3 is 0 Å². The Morgan fingerprint density at radius 2 is 1.55 bits per heavy atom. The predicted octanol–water partition coefficient (Wildman–Crippen LogP) is 2.82. The molecule has 120 valence electrons. The molecule has 0 spiro atoms. The van der Waals surface area contributed by atoms with E-state index in [-0.39, 0.29) is 5.54 Å². The van der Waals surface area contributed by atoms with Gasteiger partial charge in [0.05, 0.1) is 0 Å². The second-order valence-corrected chi connectivity index (χ2v) is 8.17. The topological polar surface area (TPSA) is 18.5 Å². The summed E-state index contributed by atoms with van der Waals surface area (Å²) in [6.07, 6.45) is 1.24. The quantitative estimate of drug-likeness (QED) is 0.809. The van der Waals surface area contributed by atoms with Crippen LogP contribution >= 0.6 is 0 Å². The molecule has 1 rings (SSSR count). The van der Waals surface area contributed by atoms with Crippen LogP contribution in [0.2, 0.25) is 0 Å². The molecule has 0 aliphatic carbocycles. The lowest BCUT2D eigenvalue weighted by molar-refractivity contribution is 0.0714. The lowest BCUT2D eigenvalue weighted by atomic mass is 9.85. The van der Waals surface area contributed by atoms with Crippen molar-refractivity contribution < 1.29 is 0 Å². The average Bonchev–Trinajstić information content (AvgIpc) is 2.36. The van der Waals surface area contributed by atoms with Gasteiger partial charge in [0.1, 0.15) is 0 Å². The summed E-state index contributed by atoms with van der Waals surface area (Å²) < 4.78 is 0. The fourth-order valence-electron chi connectivity index (χ4n) is 2.75. The standard InChI is InChI=1S/C17H37N3/c1-8-17(7,13-18-16(4,5)6)14-19-9-11-20(12-10-19)15(2)3/h15,18H,8-14H2,1-7H3. The third-order valence-electron chi connectivity index (χ3n) is 4.64. The van der Waals surface area contributed by atoms with E-state index >= 15 is 0 Å². The average molecular weight is 284 g/mol. The van der Waals surface area contributed by atoms with E-state index in [4.69, 9.17) is 0 Å². The van der Waals surface area contributed by atoms with Crippen molar-refractivity contribution in [3.8, 4) is 0 Å². The molecule has 1 atom stereocenters. The first-order valence-electron chi connectivity index (χ1n) is 8.37. The van der Waals surface area contributed by atoms with E-state index in [1.165, 1.54) is 39.1 Å². The molecule has 3 nitrogen and oxygen atoms in total. The van der Waals surface area contributed by atoms with Gasteiger partial charge in [-0.25, -0.2) is 0 Å². The molecule has 1 unspecified atom stereocenters. The first kappa shape index (κ1) is 17.9. The maximum atomic E-state index is 3.69. The first-order chi connectivity index (χ1) is 9.15. The van der Waals surface area contributed by atoms with Crippen molar-refractivity contribution in [3.63, 3.8) is 0 Å². The minimum absolute atomic E-state index is 0.215. The second kappa shape index (κ2) is 7.24. The van der Waals surface area contributed by atoms with Crippen LogP contribution in [0.4, 0.5) is 0 Å². The summed E-state index contributed by atoms with van der Waals surface area (Å²) in [5, 5.41) is 3.69. The highest BCUT2D eigenvalue weighted by Gasteiger charge is 2.29. The maximum absolute atomic E-state index is 3.69. The molecule has 0 saturated carbocycles. The molecule has 1 aliphatic heterocycles. The van der Waals surface area contributed by atoms with Gasteiger partial charge in [-0.2, -0.15) is 0 Å². The van der Waals surface area contributed by atoms with Gasteiger partial charge in [0.2, 0.25) is 0 Å². The molecule has 0 radical (unpaired) electrons. The van der Waals surface area contributed by atoms with E-state index < -0.39 is 0 Å². The van der Waals surface area contributed by atoms with Crippen molar-refractivity contribution in [1.82, 2.24) is 15.1 Å². The molecule has 0 amide bonds. The maximum Gasteiger partial charge on any atom is 0.0113 e. The van der Waals surface area contributed by atoms with Crippen LogP contribution in [-0.2, 0) is 0 Å². The fraction of sp³-hybridized carbons (Fsp3) is 1.00. The Balaban J connectivity index is 2.44. The lowest BCUT2D eigenvalue weighted by Crippen LogP contribution is -2.53. The third-order valence-corrected chi connectivity index (χ3v) is 4.64. The molecule has 0 aromatic rings. The molecule has 0 aromatic carbocycles. The molecule has 0 aromatic heterocycles. The predicted molar refractivity (Wildman–Crippen MR) is 89.3 cm³/mol. The van der Waals surface area contributed by atoms with Crippen LogP contribution in [0.15, 0.2) is 0 Å². The van der Waals surface area contributed by atoms with E-state index in [0.717, 1.165) is 6.54 Å². The Bertz CT molecular complexity index is 274. The zero-order valence-electron chi connectivity index (χ0n) is 14.9. The molecule has 1 heterocycles. The molecule has 1 fully saturated rings. The van der Waals surface area contributed by atoms with Gasteiger partial charge in [0, 0.05) is 50.8 Å². The number of hydrogen-bond donors (Lipinski definition) is 1. The van der Waals surface area contributed by atoms with Gasteiger partial charge in [0.25, 0.3) is 0 Å². The summed E-state index contributed by atoms with van der Waals surface area (Å²) in [5.74, 6) is 0. The van der Waals surface area contributed by atoms with Crippen molar-refractivity contribution in [2.75, 3.05) is 39.3 Å². The van der Waals surface area contributed by atoms with Crippen LogP contribution in [0, 0.1) is 5.41 Å². The van der Waals surface area contributed by atoms with E-state index in [9.17, 15) is 0 Å². The minimum Gasteiger partial charge on any atom is -0.311 e. The smallest absolute Gasteiger partial charge is 0.0113 e. The highest BCUT2D eigenvalue weighted by atomic mass is 15.3. The van der Waals surface area contributed by atoms with Gasteiger partial charge in [0.15, 0.2) is 0 Å². The van der Waals surface area contributed by atoms with Crippen LogP contribution in [0.1, 0.15) is 54.9 Å². The van der Waals surface area contributed by atoms with E-state index in [0.29, 0.717) is 11.5 Å². The van der Waals surface area contributed by atoms with Crippen LogP contribution in [0.25, 0.3) is 0 Å². The zero-order valence-corrected chi connectivity index (χ0v) is 14.9. The number of hydrogen-bond acceptors (Lipinski definition) is 3. The van der Waals surface area contributed by atoms with Crippen molar-refractivity contribution in [2.45, 2.75) is 66.5 Å². The Labute approximate surface area is 127 Å². The molecular formula is C17H37N3. The lowest BCUT2D eigenvalue weighted by Gasteiger charge is -2.42. The number of nitrogens with zero attached hydrogens (tertiary/aromatic N) is 2. The highest BCUT2D eigenvalue weighted by Crippen LogP contribution is 2.23. The molecule has 1 N–H and O–H groups in total. The van der Waals surface area contributed by atoms with Crippen molar-refractivity contribution >= 4 is 0 Å².